The lowest BCUT2D eigenvalue weighted by atomic mass is 9.95. The van der Waals surface area contributed by atoms with Crippen LogP contribution in [0.4, 0.5) is 0 Å². The van der Waals surface area contributed by atoms with Crippen molar-refractivity contribution in [2.24, 2.45) is 0 Å². The fraction of sp³-hybridized carbons (Fsp3) is 0.647. The van der Waals surface area contributed by atoms with E-state index in [4.69, 9.17) is 16.3 Å². The van der Waals surface area contributed by atoms with Crippen LogP contribution in [0.1, 0.15) is 52.0 Å². The number of ether oxygens (including phenoxy) is 1. The molecule has 1 aromatic rings. The lowest BCUT2D eigenvalue weighted by Crippen LogP contribution is -2.36. The van der Waals surface area contributed by atoms with Crippen LogP contribution in [0.3, 0.4) is 0 Å². The van der Waals surface area contributed by atoms with Gasteiger partial charge in [-0.05, 0) is 58.2 Å². The molecule has 1 aliphatic rings. The Balaban J connectivity index is 2.10. The van der Waals surface area contributed by atoms with E-state index in [1.165, 1.54) is 0 Å². The van der Waals surface area contributed by atoms with Gasteiger partial charge in [0.05, 0.1) is 6.10 Å². The molecule has 0 heterocycles. The zero-order valence-electron chi connectivity index (χ0n) is 13.2. The minimum atomic E-state index is -0.363. The Labute approximate surface area is 132 Å². The van der Waals surface area contributed by atoms with E-state index in [0.29, 0.717) is 11.6 Å². The van der Waals surface area contributed by atoms with Crippen molar-refractivity contribution in [2.75, 3.05) is 0 Å². The van der Waals surface area contributed by atoms with Crippen LogP contribution >= 0.6 is 11.6 Å². The van der Waals surface area contributed by atoms with Crippen molar-refractivity contribution in [3.05, 3.63) is 28.8 Å². The highest BCUT2D eigenvalue weighted by Gasteiger charge is 2.25. The second-order valence-corrected chi connectivity index (χ2v) is 7.30. The van der Waals surface area contributed by atoms with E-state index < -0.39 is 0 Å². The molecule has 118 valence electrons. The quantitative estimate of drug-likeness (QED) is 0.886. The Hall–Kier alpha value is -0.770. The van der Waals surface area contributed by atoms with Gasteiger partial charge in [0.2, 0.25) is 0 Å². The molecule has 2 rings (SSSR count). The molecule has 3 nitrogen and oxygen atoms in total. The summed E-state index contributed by atoms with van der Waals surface area (Å²) in [6, 6.07) is 5.68. The van der Waals surface area contributed by atoms with Gasteiger partial charge in [0, 0.05) is 22.7 Å². The molecule has 4 heteroatoms. The maximum absolute atomic E-state index is 10.1. The summed E-state index contributed by atoms with van der Waals surface area (Å²) in [4.78, 5) is 0. The highest BCUT2D eigenvalue weighted by Crippen LogP contribution is 2.28. The monoisotopic (exact) mass is 311 g/mol. The molecule has 0 aromatic heterocycles. The van der Waals surface area contributed by atoms with Crippen LogP contribution in [0.5, 0.6) is 5.75 Å². The van der Waals surface area contributed by atoms with Gasteiger partial charge in [-0.2, -0.15) is 0 Å². The van der Waals surface area contributed by atoms with Gasteiger partial charge in [0.25, 0.3) is 0 Å². The zero-order valence-corrected chi connectivity index (χ0v) is 13.9. The van der Waals surface area contributed by atoms with E-state index in [9.17, 15) is 5.11 Å². The Kier molecular flexibility index (Phi) is 5.53. The molecule has 1 fully saturated rings. The predicted molar refractivity (Wildman–Crippen MR) is 86.9 cm³/mol. The largest absolute Gasteiger partial charge is 0.487 e. The minimum absolute atomic E-state index is 0.0317. The summed E-state index contributed by atoms with van der Waals surface area (Å²) in [7, 11) is 0. The molecule has 2 N–H and O–H groups in total. The molecule has 0 radical (unpaired) electrons. The molecular formula is C17H26ClNO2. The Morgan fingerprint density at radius 3 is 2.67 bits per heavy atom. The van der Waals surface area contributed by atoms with Crippen molar-refractivity contribution in [1.29, 1.82) is 0 Å². The highest BCUT2D eigenvalue weighted by atomic mass is 35.5. The molecule has 0 saturated heterocycles. The van der Waals surface area contributed by atoms with Crippen LogP contribution in [-0.2, 0) is 6.54 Å². The molecule has 0 spiro atoms. The number of aliphatic hydroxyl groups excluding tert-OH is 1. The van der Waals surface area contributed by atoms with E-state index in [0.717, 1.165) is 37.0 Å². The first-order valence-electron chi connectivity index (χ1n) is 7.73. The molecule has 0 aliphatic heterocycles. The highest BCUT2D eigenvalue weighted by molar-refractivity contribution is 6.30. The number of halogens is 1. The van der Waals surface area contributed by atoms with Gasteiger partial charge in [0.1, 0.15) is 11.9 Å². The van der Waals surface area contributed by atoms with Crippen LogP contribution < -0.4 is 10.1 Å². The summed E-state index contributed by atoms with van der Waals surface area (Å²) in [5, 5.41) is 14.2. The third-order valence-corrected chi connectivity index (χ3v) is 4.01. The molecule has 2 unspecified atom stereocenters. The van der Waals surface area contributed by atoms with Crippen LogP contribution in [0.25, 0.3) is 0 Å². The van der Waals surface area contributed by atoms with E-state index in [1.807, 2.05) is 18.2 Å². The van der Waals surface area contributed by atoms with Gasteiger partial charge in [-0.3, -0.25) is 0 Å². The molecule has 1 aliphatic carbocycles. The second-order valence-electron chi connectivity index (χ2n) is 6.86. The van der Waals surface area contributed by atoms with E-state index in [2.05, 4.69) is 26.1 Å². The van der Waals surface area contributed by atoms with Gasteiger partial charge in [-0.15, -0.1) is 0 Å². The number of nitrogens with one attached hydrogen (secondary N) is 1. The van der Waals surface area contributed by atoms with Crippen molar-refractivity contribution in [2.45, 2.75) is 70.7 Å². The van der Waals surface area contributed by atoms with Crippen LogP contribution in [0, 0.1) is 0 Å². The van der Waals surface area contributed by atoms with E-state index in [-0.39, 0.29) is 17.7 Å². The van der Waals surface area contributed by atoms with Crippen LogP contribution in [0.15, 0.2) is 18.2 Å². The summed E-state index contributed by atoms with van der Waals surface area (Å²) in [6.45, 7) is 7.08. The maximum Gasteiger partial charge on any atom is 0.124 e. The Morgan fingerprint density at radius 1 is 1.29 bits per heavy atom. The molecular weight excluding hydrogens is 286 g/mol. The third kappa shape index (κ3) is 5.17. The second kappa shape index (κ2) is 6.99. The minimum Gasteiger partial charge on any atom is -0.487 e. The summed E-state index contributed by atoms with van der Waals surface area (Å²) in [5.41, 5.74) is 1.07. The van der Waals surface area contributed by atoms with Gasteiger partial charge in [-0.25, -0.2) is 0 Å². The molecule has 0 amide bonds. The van der Waals surface area contributed by atoms with Crippen molar-refractivity contribution in [3.8, 4) is 5.75 Å². The lowest BCUT2D eigenvalue weighted by Gasteiger charge is -2.29. The smallest absolute Gasteiger partial charge is 0.124 e. The first-order valence-corrected chi connectivity index (χ1v) is 8.11. The summed E-state index contributed by atoms with van der Waals surface area (Å²) in [6.07, 6.45) is 3.47. The van der Waals surface area contributed by atoms with Crippen molar-refractivity contribution < 1.29 is 9.84 Å². The van der Waals surface area contributed by atoms with Gasteiger partial charge >= 0.3 is 0 Å². The van der Waals surface area contributed by atoms with E-state index >= 15 is 0 Å². The molecule has 1 aromatic carbocycles. The lowest BCUT2D eigenvalue weighted by molar-refractivity contribution is 0.00632. The Morgan fingerprint density at radius 2 is 2.00 bits per heavy atom. The van der Waals surface area contributed by atoms with Crippen molar-refractivity contribution in [1.82, 2.24) is 5.32 Å². The topological polar surface area (TPSA) is 41.5 Å². The SMILES string of the molecule is CC(C)(C)NCc1cc(Cl)ccc1OC1CCCCC1O. The molecule has 2 atom stereocenters. The van der Waals surface area contributed by atoms with Crippen LogP contribution in [-0.4, -0.2) is 22.9 Å². The maximum atomic E-state index is 10.1. The molecule has 1 saturated carbocycles. The molecule has 21 heavy (non-hydrogen) atoms. The predicted octanol–water partition coefficient (Wildman–Crippen LogP) is 3.91. The Bertz CT molecular complexity index is 470. The summed E-state index contributed by atoms with van der Waals surface area (Å²) in [5.74, 6) is 0.821. The summed E-state index contributed by atoms with van der Waals surface area (Å²) >= 11 is 6.11. The number of benzene rings is 1. The standard InChI is InChI=1S/C17H26ClNO2/c1-17(2,3)19-11-12-10-13(18)8-9-15(12)21-16-7-5-4-6-14(16)20/h8-10,14,16,19-20H,4-7,11H2,1-3H3. The first-order chi connectivity index (χ1) is 9.85. The van der Waals surface area contributed by atoms with Crippen molar-refractivity contribution in [3.63, 3.8) is 0 Å². The van der Waals surface area contributed by atoms with Crippen LogP contribution in [0.2, 0.25) is 5.02 Å². The number of aliphatic hydroxyl groups is 1. The number of hydrogen-bond acceptors (Lipinski definition) is 3. The average Bonchev–Trinajstić information content (AvgIpc) is 2.40. The summed E-state index contributed by atoms with van der Waals surface area (Å²) < 4.78 is 6.07. The third-order valence-electron chi connectivity index (χ3n) is 3.78. The van der Waals surface area contributed by atoms with Gasteiger partial charge in [-0.1, -0.05) is 18.0 Å². The number of rotatable bonds is 4. The fourth-order valence-corrected chi connectivity index (χ4v) is 2.73. The van der Waals surface area contributed by atoms with E-state index in [1.54, 1.807) is 0 Å². The average molecular weight is 312 g/mol. The number of hydrogen-bond donors (Lipinski definition) is 2. The first kappa shape index (κ1) is 16.6. The normalized spacial score (nSPS) is 23.1. The zero-order chi connectivity index (χ0) is 15.5. The van der Waals surface area contributed by atoms with Crippen molar-refractivity contribution >= 4 is 11.6 Å². The van der Waals surface area contributed by atoms with Gasteiger partial charge < -0.3 is 15.2 Å². The fourth-order valence-electron chi connectivity index (χ4n) is 2.54. The van der Waals surface area contributed by atoms with Gasteiger partial charge in [0.15, 0.2) is 0 Å². The molecule has 0 bridgehead atoms.